The van der Waals surface area contributed by atoms with Crippen molar-refractivity contribution in [1.29, 1.82) is 0 Å². The second-order valence-corrected chi connectivity index (χ2v) is 17.5. The molecule has 6 heterocycles. The minimum Gasteiger partial charge on any atom is -0.550 e. The number of benzene rings is 2. The Morgan fingerprint density at radius 3 is 1.41 bits per heavy atom. The summed E-state index contributed by atoms with van der Waals surface area (Å²) in [5.74, 6) is -1.98. The molecule has 0 bridgehead atoms. The van der Waals surface area contributed by atoms with Gasteiger partial charge in [-0.15, -0.1) is 0 Å². The molecule has 0 unspecified atom stereocenters. The molecule has 0 amide bonds. The van der Waals surface area contributed by atoms with Crippen molar-refractivity contribution < 1.29 is 98.7 Å². The van der Waals surface area contributed by atoms with Crippen LogP contribution in [0.3, 0.4) is 0 Å². The van der Waals surface area contributed by atoms with Crippen LogP contribution in [0.4, 0.5) is 8.78 Å². The van der Waals surface area contributed by atoms with Crippen LogP contribution in [0.25, 0.3) is 44.6 Å². The minimum absolute atomic E-state index is 0. The zero-order valence-electron chi connectivity index (χ0n) is 36.3. The number of carbonyl (C=O) groups excluding carboxylic acids is 1. The maximum Gasteiger partial charge on any atom is 1.00 e. The fraction of sp³-hybridized carbons (Fsp3) is 0.310. The Balaban J connectivity index is 0.000000198. The van der Waals surface area contributed by atoms with Crippen LogP contribution in [0.1, 0.15) is 62.3 Å². The summed E-state index contributed by atoms with van der Waals surface area (Å²) < 4.78 is 51.6. The van der Waals surface area contributed by atoms with Crippen LogP contribution in [0.5, 0.6) is 0 Å². The van der Waals surface area contributed by atoms with Gasteiger partial charge in [-0.2, -0.15) is 0 Å². The van der Waals surface area contributed by atoms with E-state index in [0.717, 1.165) is 12.3 Å². The Labute approximate surface area is 423 Å². The fourth-order valence-corrected chi connectivity index (χ4v) is 6.57. The molecule has 0 atom stereocenters. The molecule has 0 radical (unpaired) electrons. The number of fused-ring (bicyclic) bond motifs is 2. The second-order valence-electron chi connectivity index (χ2n) is 16.2. The number of aliphatic carboxylic acids is 1. The summed E-state index contributed by atoms with van der Waals surface area (Å²) in [6.07, 6.45) is 3.14. The molecular formula is C42H43B3Cl3F2KN4O8. The molecule has 2 N–H and O–H groups in total. The quantitative estimate of drug-likeness (QED) is 0.238. The number of halogens is 5. The number of carboxylic acid groups (broad SMARTS) is 1. The van der Waals surface area contributed by atoms with Gasteiger partial charge in [0, 0.05) is 50.3 Å². The number of carbonyl (C=O) groups is 1. The van der Waals surface area contributed by atoms with E-state index in [4.69, 9.17) is 63.3 Å². The van der Waals surface area contributed by atoms with Gasteiger partial charge in [0.15, 0.2) is 11.3 Å². The van der Waals surface area contributed by atoms with Crippen molar-refractivity contribution in [3.63, 3.8) is 0 Å². The third kappa shape index (κ3) is 12.8. The van der Waals surface area contributed by atoms with Gasteiger partial charge in [0.2, 0.25) is 0 Å². The Bertz CT molecular complexity index is 2530. The largest absolute Gasteiger partial charge is 1.00 e. The molecule has 324 valence electrons. The number of nitrogens with zero attached hydrogens (tertiary/aromatic N) is 4. The summed E-state index contributed by atoms with van der Waals surface area (Å²) in [5.41, 5.74) is 0.689. The van der Waals surface area contributed by atoms with E-state index in [2.05, 4.69) is 19.9 Å². The average molecular weight is 948 g/mol. The molecule has 2 aliphatic heterocycles. The van der Waals surface area contributed by atoms with E-state index in [1.54, 1.807) is 30.5 Å². The Morgan fingerprint density at radius 2 is 1.02 bits per heavy atom. The van der Waals surface area contributed by atoms with E-state index in [9.17, 15) is 18.8 Å². The van der Waals surface area contributed by atoms with Crippen molar-refractivity contribution in [1.82, 2.24) is 19.9 Å². The van der Waals surface area contributed by atoms with Crippen LogP contribution in [0.2, 0.25) is 15.1 Å². The molecule has 4 aromatic heterocycles. The average Bonchev–Trinajstić information content (AvgIpc) is 3.55. The van der Waals surface area contributed by atoms with E-state index >= 15 is 0 Å². The minimum atomic E-state index is -1.71. The summed E-state index contributed by atoms with van der Waals surface area (Å²) in [6, 6.07) is 18.4. The predicted molar refractivity (Wildman–Crippen MR) is 238 cm³/mol. The van der Waals surface area contributed by atoms with Crippen molar-refractivity contribution in [2.24, 2.45) is 0 Å². The van der Waals surface area contributed by atoms with Gasteiger partial charge in [0.25, 0.3) is 0 Å². The Kier molecular flexibility index (Phi) is 17.9. The summed E-state index contributed by atoms with van der Waals surface area (Å²) >= 11 is 17.9. The van der Waals surface area contributed by atoms with Crippen LogP contribution >= 0.6 is 34.8 Å². The standard InChI is InChI=1S/C14H9BClFN2O2.C14H7Cl2FN2.C12H24B2O4.C2H4O2.K/c16-8-3-4-12(17)10(6-8)13-7-11(15(20)21)9-2-1-5-18-14(9)19-13;15-8-3-4-12(17)10(6-8)13-7-11(16)9-2-1-5-18-14(9)19-13;1-9(2)10(3,4)16-13(15-9)14-17-11(5,6)12(7,8)18-14;1-2(3)4;/h1-7,20-21H;1-7H;1-8H3;1H3,(H,3,4);/q;;;;+1/p-1. The molecule has 12 nitrogen and oxygen atoms in total. The number of carboxylic acids is 1. The van der Waals surface area contributed by atoms with Gasteiger partial charge in [0.1, 0.15) is 11.6 Å². The number of hydrogen-bond donors (Lipinski definition) is 2. The molecule has 2 aliphatic rings. The van der Waals surface area contributed by atoms with Gasteiger partial charge in [-0.3, -0.25) is 0 Å². The van der Waals surface area contributed by atoms with Gasteiger partial charge in [0.05, 0.1) is 38.8 Å². The normalized spacial score (nSPS) is 16.4. The van der Waals surface area contributed by atoms with Gasteiger partial charge in [-0.05, 0) is 135 Å². The van der Waals surface area contributed by atoms with Crippen molar-refractivity contribution in [3.05, 3.63) is 112 Å². The van der Waals surface area contributed by atoms with Gasteiger partial charge >= 0.3 is 72.5 Å². The van der Waals surface area contributed by atoms with Gasteiger partial charge < -0.3 is 38.6 Å². The molecule has 0 saturated carbocycles. The number of aromatic nitrogens is 4. The van der Waals surface area contributed by atoms with Crippen molar-refractivity contribution in [3.8, 4) is 22.5 Å². The molecule has 0 spiro atoms. The van der Waals surface area contributed by atoms with Gasteiger partial charge in [-0.1, -0.05) is 40.9 Å². The first-order chi connectivity index (χ1) is 28.8. The fourth-order valence-electron chi connectivity index (χ4n) is 5.98. The summed E-state index contributed by atoms with van der Waals surface area (Å²) in [7, 11) is -2.66. The second kappa shape index (κ2) is 21.3. The first-order valence-electron chi connectivity index (χ1n) is 19.2. The van der Waals surface area contributed by atoms with Crippen LogP contribution < -0.4 is 62.0 Å². The number of pyridine rings is 4. The zero-order chi connectivity index (χ0) is 45.9. The molecule has 2 aromatic carbocycles. The van der Waals surface area contributed by atoms with Crippen molar-refractivity contribution in [2.45, 2.75) is 84.7 Å². The maximum absolute atomic E-state index is 13.9. The molecule has 2 fully saturated rings. The molecule has 63 heavy (non-hydrogen) atoms. The predicted octanol–water partition coefficient (Wildman–Crippen LogP) is 4.52. The first kappa shape index (κ1) is 53.0. The Morgan fingerprint density at radius 1 is 0.651 bits per heavy atom. The van der Waals surface area contributed by atoms with E-state index < -0.39 is 38.7 Å². The Hall–Kier alpha value is -2.65. The zero-order valence-corrected chi connectivity index (χ0v) is 41.7. The van der Waals surface area contributed by atoms with Crippen LogP contribution in [-0.2, 0) is 23.4 Å². The molecule has 21 heteroatoms. The van der Waals surface area contributed by atoms with E-state index in [0.29, 0.717) is 43.0 Å². The smallest absolute Gasteiger partial charge is 0.550 e. The molecule has 2 saturated heterocycles. The summed E-state index contributed by atoms with van der Waals surface area (Å²) in [6.45, 7) is 17.2. The van der Waals surface area contributed by atoms with Gasteiger partial charge in [-0.25, -0.2) is 28.7 Å². The first-order valence-corrected chi connectivity index (χ1v) is 20.3. The molecule has 8 rings (SSSR count). The summed E-state index contributed by atoms with van der Waals surface area (Å²) in [5, 5.41) is 30.4. The van der Waals surface area contributed by atoms with Crippen molar-refractivity contribution in [2.75, 3.05) is 0 Å². The maximum atomic E-state index is 13.9. The van der Waals surface area contributed by atoms with E-state index in [-0.39, 0.29) is 90.5 Å². The third-order valence-electron chi connectivity index (χ3n) is 10.6. The molecule has 0 aliphatic carbocycles. The van der Waals surface area contributed by atoms with Crippen LogP contribution in [0.15, 0.2) is 85.2 Å². The van der Waals surface area contributed by atoms with Crippen LogP contribution in [-0.4, -0.2) is 79.5 Å². The topological polar surface area (TPSA) is 169 Å². The van der Waals surface area contributed by atoms with Crippen molar-refractivity contribution >= 4 is 89.4 Å². The SMILES string of the molecule is CC(=O)[O-].CC1(C)OB(B2OC(C)(C)C(C)(C)O2)OC1(C)C.Fc1ccc(Cl)cc1-c1cc(Cl)c2cccnc2n1.OB(O)c1cc(-c2cc(Cl)ccc2F)nc2ncccc12.[K+]. The number of hydrogen-bond acceptors (Lipinski definition) is 12. The molecular weight excluding hydrogens is 904 g/mol. The number of rotatable bonds is 4. The monoisotopic (exact) mass is 946 g/mol. The van der Waals surface area contributed by atoms with E-state index in [1.165, 1.54) is 48.7 Å². The van der Waals surface area contributed by atoms with E-state index in [1.807, 2.05) is 61.5 Å². The summed E-state index contributed by atoms with van der Waals surface area (Å²) in [4.78, 5) is 25.7. The third-order valence-corrected chi connectivity index (χ3v) is 11.4. The van der Waals surface area contributed by atoms with Crippen LogP contribution in [0, 0.1) is 11.6 Å². The molecule has 6 aromatic rings.